The molecule has 0 heterocycles. The van der Waals surface area contributed by atoms with E-state index >= 15 is 0 Å². The number of ether oxygens (including phenoxy) is 1. The van der Waals surface area contributed by atoms with Crippen LogP contribution >= 0.6 is 0 Å². The van der Waals surface area contributed by atoms with Gasteiger partial charge >= 0.3 is 0 Å². The molecule has 2 atom stereocenters. The van der Waals surface area contributed by atoms with Gasteiger partial charge < -0.3 is 15.4 Å². The Morgan fingerprint density at radius 2 is 2.00 bits per heavy atom. The third-order valence-corrected chi connectivity index (χ3v) is 5.81. The van der Waals surface area contributed by atoms with Gasteiger partial charge in [-0.25, -0.2) is 0 Å². The first kappa shape index (κ1) is 20.5. The monoisotopic (exact) mass is 358 g/mol. The zero-order valence-corrected chi connectivity index (χ0v) is 16.9. The van der Waals surface area contributed by atoms with E-state index in [1.807, 2.05) is 31.2 Å². The lowest BCUT2D eigenvalue weighted by molar-refractivity contribution is -0.120. The summed E-state index contributed by atoms with van der Waals surface area (Å²) in [6.45, 7) is 10.2. The molecule has 4 nitrogen and oxygen atoms in total. The van der Waals surface area contributed by atoms with Crippen LogP contribution in [0.1, 0.15) is 46.1 Å². The van der Waals surface area contributed by atoms with E-state index in [2.05, 4.69) is 37.5 Å². The van der Waals surface area contributed by atoms with Gasteiger partial charge in [-0.3, -0.25) is 4.79 Å². The zero-order chi connectivity index (χ0) is 19.2. The van der Waals surface area contributed by atoms with Crippen molar-refractivity contribution in [3.8, 4) is 5.75 Å². The molecule has 2 rings (SSSR count). The Balaban J connectivity index is 1.63. The summed E-state index contributed by atoms with van der Waals surface area (Å²) in [6, 6.07) is 8.09. The van der Waals surface area contributed by atoms with Gasteiger partial charge in [-0.05, 0) is 68.7 Å². The molecule has 26 heavy (non-hydrogen) atoms. The van der Waals surface area contributed by atoms with Crippen molar-refractivity contribution < 1.29 is 9.53 Å². The Morgan fingerprint density at radius 3 is 2.58 bits per heavy atom. The van der Waals surface area contributed by atoms with Crippen molar-refractivity contribution in [2.75, 3.05) is 20.2 Å². The molecule has 1 aliphatic carbocycles. The number of carbonyl (C=O) groups is 1. The number of methoxy groups -OCH3 is 1. The first-order chi connectivity index (χ1) is 12.3. The van der Waals surface area contributed by atoms with Crippen LogP contribution in [0.4, 0.5) is 0 Å². The Bertz CT molecular complexity index is 620. The number of nitrogens with one attached hydrogen (secondary N) is 2. The molecule has 144 valence electrons. The zero-order valence-electron chi connectivity index (χ0n) is 16.9. The molecule has 0 bridgehead atoms. The molecule has 2 N–H and O–H groups in total. The van der Waals surface area contributed by atoms with Crippen molar-refractivity contribution in [3.05, 3.63) is 41.5 Å². The highest BCUT2D eigenvalue weighted by Gasteiger charge is 2.34. The molecule has 1 aliphatic rings. The van der Waals surface area contributed by atoms with E-state index in [4.69, 9.17) is 4.74 Å². The molecule has 0 spiro atoms. The second-order valence-corrected chi connectivity index (χ2v) is 8.03. The number of hydrogen-bond acceptors (Lipinski definition) is 3. The number of benzene rings is 1. The highest BCUT2D eigenvalue weighted by molar-refractivity contribution is 5.78. The lowest BCUT2D eigenvalue weighted by atomic mass is 9.76. The van der Waals surface area contributed by atoms with Gasteiger partial charge in [-0.15, -0.1) is 0 Å². The minimum Gasteiger partial charge on any atom is -0.497 e. The maximum Gasteiger partial charge on any atom is 0.234 e. The summed E-state index contributed by atoms with van der Waals surface area (Å²) < 4.78 is 5.17. The second-order valence-electron chi connectivity index (χ2n) is 8.03. The third kappa shape index (κ3) is 5.60. The fourth-order valence-electron chi connectivity index (χ4n) is 3.65. The van der Waals surface area contributed by atoms with Gasteiger partial charge in [0.25, 0.3) is 0 Å². The van der Waals surface area contributed by atoms with Crippen LogP contribution < -0.4 is 15.4 Å². The Morgan fingerprint density at radius 1 is 1.31 bits per heavy atom. The van der Waals surface area contributed by atoms with E-state index in [0.717, 1.165) is 31.6 Å². The van der Waals surface area contributed by atoms with Crippen LogP contribution in [-0.4, -0.2) is 32.1 Å². The molecule has 1 amide bonds. The Labute approximate surface area is 158 Å². The highest BCUT2D eigenvalue weighted by Crippen LogP contribution is 2.44. The summed E-state index contributed by atoms with van der Waals surface area (Å²) in [6.07, 6.45) is 5.44. The van der Waals surface area contributed by atoms with E-state index < -0.39 is 0 Å². The molecule has 0 saturated heterocycles. The van der Waals surface area contributed by atoms with Crippen LogP contribution in [0.2, 0.25) is 0 Å². The molecule has 0 radical (unpaired) electrons. The standard InChI is InChI=1S/C22H34N2O2/c1-16-6-9-19(22(16,3)4)12-13-23-15-21(25)24-17(2)14-18-7-10-20(26-5)11-8-18/h6-8,10-11,17,19,23H,9,12-15H2,1-5H3,(H,24,25)/t17?,19-/m0/s1. The maximum absolute atomic E-state index is 12.1. The van der Waals surface area contributed by atoms with Gasteiger partial charge in [0.05, 0.1) is 13.7 Å². The van der Waals surface area contributed by atoms with Crippen LogP contribution in [0.5, 0.6) is 5.75 Å². The number of carbonyl (C=O) groups excluding carboxylic acids is 1. The van der Waals surface area contributed by atoms with Gasteiger partial charge in [0, 0.05) is 6.04 Å². The quantitative estimate of drug-likeness (QED) is 0.522. The lowest BCUT2D eigenvalue weighted by Gasteiger charge is -2.29. The predicted molar refractivity (Wildman–Crippen MR) is 107 cm³/mol. The van der Waals surface area contributed by atoms with Crippen molar-refractivity contribution in [1.29, 1.82) is 0 Å². The minimum absolute atomic E-state index is 0.0611. The van der Waals surface area contributed by atoms with Crippen LogP contribution in [0.25, 0.3) is 0 Å². The largest absolute Gasteiger partial charge is 0.497 e. The van der Waals surface area contributed by atoms with E-state index in [0.29, 0.717) is 12.5 Å². The third-order valence-electron chi connectivity index (χ3n) is 5.81. The Kier molecular flexibility index (Phi) is 7.27. The molecule has 1 unspecified atom stereocenters. The van der Waals surface area contributed by atoms with Crippen molar-refractivity contribution >= 4 is 5.91 Å². The fraction of sp³-hybridized carbons (Fsp3) is 0.591. The first-order valence-corrected chi connectivity index (χ1v) is 9.63. The molecule has 0 aliphatic heterocycles. The molecule has 0 saturated carbocycles. The average Bonchev–Trinajstić information content (AvgIpc) is 2.85. The predicted octanol–water partition coefficient (Wildman–Crippen LogP) is 3.71. The van der Waals surface area contributed by atoms with E-state index in [-0.39, 0.29) is 17.4 Å². The number of hydrogen-bond donors (Lipinski definition) is 2. The summed E-state index contributed by atoms with van der Waals surface area (Å²) in [5.41, 5.74) is 2.97. The van der Waals surface area contributed by atoms with Crippen LogP contribution in [0.3, 0.4) is 0 Å². The van der Waals surface area contributed by atoms with Gasteiger partial charge in [0.1, 0.15) is 5.75 Å². The molecular weight excluding hydrogens is 324 g/mol. The summed E-state index contributed by atoms with van der Waals surface area (Å²) in [5, 5.41) is 6.36. The van der Waals surface area contributed by atoms with Gasteiger partial charge in [-0.1, -0.05) is 37.6 Å². The fourth-order valence-corrected chi connectivity index (χ4v) is 3.65. The van der Waals surface area contributed by atoms with E-state index in [1.54, 1.807) is 7.11 Å². The van der Waals surface area contributed by atoms with Crippen molar-refractivity contribution in [3.63, 3.8) is 0 Å². The van der Waals surface area contributed by atoms with Crippen molar-refractivity contribution in [2.45, 2.75) is 53.0 Å². The summed E-state index contributed by atoms with van der Waals surface area (Å²) in [4.78, 5) is 12.1. The number of rotatable bonds is 9. The van der Waals surface area contributed by atoms with Gasteiger partial charge in [-0.2, -0.15) is 0 Å². The average molecular weight is 359 g/mol. The molecule has 1 aromatic rings. The molecule has 0 fully saturated rings. The van der Waals surface area contributed by atoms with Crippen LogP contribution in [0, 0.1) is 11.3 Å². The number of allylic oxidation sites excluding steroid dienone is 2. The lowest BCUT2D eigenvalue weighted by Crippen LogP contribution is -2.40. The van der Waals surface area contributed by atoms with E-state index in [9.17, 15) is 4.79 Å². The number of amides is 1. The topological polar surface area (TPSA) is 50.4 Å². The minimum atomic E-state index is 0.0611. The highest BCUT2D eigenvalue weighted by atomic mass is 16.5. The molecular formula is C22H34N2O2. The molecule has 4 heteroatoms. The Hall–Kier alpha value is -1.81. The van der Waals surface area contributed by atoms with Gasteiger partial charge in [0.15, 0.2) is 0 Å². The van der Waals surface area contributed by atoms with Gasteiger partial charge in [0.2, 0.25) is 5.91 Å². The summed E-state index contributed by atoms with van der Waals surface area (Å²) >= 11 is 0. The van der Waals surface area contributed by atoms with E-state index in [1.165, 1.54) is 11.1 Å². The molecule has 0 aromatic heterocycles. The van der Waals surface area contributed by atoms with Crippen LogP contribution in [-0.2, 0) is 11.2 Å². The first-order valence-electron chi connectivity index (χ1n) is 9.63. The summed E-state index contributed by atoms with van der Waals surface area (Å²) in [7, 11) is 1.66. The maximum atomic E-state index is 12.1. The molecule has 1 aromatic carbocycles. The van der Waals surface area contributed by atoms with Crippen LogP contribution in [0.15, 0.2) is 35.9 Å². The second kappa shape index (κ2) is 9.22. The van der Waals surface area contributed by atoms with Crippen molar-refractivity contribution in [1.82, 2.24) is 10.6 Å². The smallest absolute Gasteiger partial charge is 0.234 e. The summed E-state index contributed by atoms with van der Waals surface area (Å²) in [5.74, 6) is 1.59. The normalized spacial score (nSPS) is 19.7. The van der Waals surface area contributed by atoms with Crippen molar-refractivity contribution in [2.24, 2.45) is 11.3 Å². The SMILES string of the molecule is COc1ccc(CC(C)NC(=O)CNCC[C@@H]2CC=C(C)C2(C)C)cc1.